The Morgan fingerprint density at radius 1 is 0.403 bits per heavy atom. The molecule has 0 fully saturated rings. The van der Waals surface area contributed by atoms with E-state index in [9.17, 15) is 19.0 Å². The van der Waals surface area contributed by atoms with Crippen LogP contribution in [0.5, 0.6) is 0 Å². The highest BCUT2D eigenvalue weighted by Gasteiger charge is 2.26. The number of carbonyl (C=O) groups is 2. The average molecular weight is 1100 g/mol. The first-order valence-corrected chi connectivity index (χ1v) is 33.9. The van der Waals surface area contributed by atoms with Gasteiger partial charge < -0.3 is 20.1 Å². The van der Waals surface area contributed by atoms with E-state index in [4.69, 9.17) is 24.3 Å². The smallest absolute Gasteiger partial charge is 0.462 e. The van der Waals surface area contributed by atoms with Gasteiger partial charge in [-0.15, -0.1) is 0 Å². The summed E-state index contributed by atoms with van der Waals surface area (Å²) < 4.78 is 33.1. The summed E-state index contributed by atoms with van der Waals surface area (Å²) in [5.74, 6) is -0.822. The highest BCUT2D eigenvalue weighted by Crippen LogP contribution is 2.43. The number of hydrogen-bond donors (Lipinski definition) is 2. The summed E-state index contributed by atoms with van der Waals surface area (Å²) in [6.07, 6.45) is 81.2. The van der Waals surface area contributed by atoms with Crippen LogP contribution >= 0.6 is 7.82 Å². The Morgan fingerprint density at radius 2 is 0.714 bits per heavy atom. The zero-order valence-corrected chi connectivity index (χ0v) is 51.1. The van der Waals surface area contributed by atoms with Crippen LogP contribution in [0, 0.1) is 0 Å². The van der Waals surface area contributed by atoms with Crippen LogP contribution in [0.1, 0.15) is 309 Å². The van der Waals surface area contributed by atoms with Gasteiger partial charge in [0, 0.05) is 19.4 Å². The number of rotatable bonds is 61. The van der Waals surface area contributed by atoms with Gasteiger partial charge in [0.15, 0.2) is 6.10 Å². The number of esters is 2. The lowest BCUT2D eigenvalue weighted by molar-refractivity contribution is -0.161. The van der Waals surface area contributed by atoms with Gasteiger partial charge in [-0.2, -0.15) is 0 Å². The molecule has 9 nitrogen and oxygen atoms in total. The number of allylic oxidation sites excluding steroid dienone is 12. The second kappa shape index (κ2) is 62.6. The predicted octanol–water partition coefficient (Wildman–Crippen LogP) is 20.9. The summed E-state index contributed by atoms with van der Waals surface area (Å²) in [5.41, 5.74) is 5.39. The zero-order valence-electron chi connectivity index (χ0n) is 50.2. The van der Waals surface area contributed by atoms with Gasteiger partial charge in [-0.25, -0.2) is 4.57 Å². The number of unbranched alkanes of at least 4 members (excludes halogenated alkanes) is 36. The third-order valence-corrected chi connectivity index (χ3v) is 15.1. The summed E-state index contributed by atoms with van der Waals surface area (Å²) in [6, 6.07) is 0. The average Bonchev–Trinajstić information content (AvgIpc) is 3.42. The summed E-state index contributed by atoms with van der Waals surface area (Å²) in [7, 11) is -4.39. The molecule has 0 bridgehead atoms. The molecule has 0 saturated heterocycles. The molecule has 10 heteroatoms. The highest BCUT2D eigenvalue weighted by molar-refractivity contribution is 7.47. The van der Waals surface area contributed by atoms with Gasteiger partial charge in [0.25, 0.3) is 0 Å². The molecule has 0 saturated carbocycles. The molecule has 0 aromatic rings. The first-order valence-electron chi connectivity index (χ1n) is 32.4. The maximum Gasteiger partial charge on any atom is 0.472 e. The number of phosphoric acid groups is 1. The zero-order chi connectivity index (χ0) is 55.9. The highest BCUT2D eigenvalue weighted by atomic mass is 31.2. The van der Waals surface area contributed by atoms with Crippen LogP contribution < -0.4 is 5.73 Å². The van der Waals surface area contributed by atoms with Gasteiger partial charge in [0.1, 0.15) is 6.61 Å². The van der Waals surface area contributed by atoms with Crippen LogP contribution in [0.3, 0.4) is 0 Å². The quantitative estimate of drug-likeness (QED) is 0.0264. The number of ether oxygens (including phenoxy) is 2. The van der Waals surface area contributed by atoms with E-state index in [1.54, 1.807) is 0 Å². The van der Waals surface area contributed by atoms with Crippen LogP contribution in [0.2, 0.25) is 0 Å². The molecular formula is C67H122NO8P. The maximum absolute atomic E-state index is 12.7. The minimum atomic E-state index is -4.39. The minimum absolute atomic E-state index is 0.0515. The fourth-order valence-electron chi connectivity index (χ4n) is 9.31. The van der Waals surface area contributed by atoms with Crippen LogP contribution in [-0.2, 0) is 32.7 Å². The van der Waals surface area contributed by atoms with E-state index in [-0.39, 0.29) is 38.6 Å². The fraction of sp³-hybridized carbons (Fsp3) is 0.791. The molecule has 2 atom stereocenters. The standard InChI is InChI=1S/C67H122NO8P/c1-3-5-7-9-11-13-15-17-19-21-23-25-27-28-29-30-31-32-33-34-35-36-38-39-41-43-45-47-49-51-53-55-57-59-66(69)73-63-65(64-75-77(71,72)74-62-61-68)76-67(70)60-58-56-54-52-50-48-46-44-42-40-37-26-24-22-20-18-16-14-12-10-8-6-4-2/h6,8,12,14-15,17-18,20-21,23-24,26,65H,3-5,7,9-11,13,16,19,22,25,27-64,68H2,1-2H3,(H,71,72)/b8-6-,14-12-,17-15-,20-18-,23-21-,26-24-. The topological polar surface area (TPSA) is 134 Å². The van der Waals surface area contributed by atoms with Crippen molar-refractivity contribution in [2.45, 2.75) is 315 Å². The molecule has 0 amide bonds. The van der Waals surface area contributed by atoms with Crippen LogP contribution in [-0.4, -0.2) is 49.3 Å². The minimum Gasteiger partial charge on any atom is -0.462 e. The van der Waals surface area contributed by atoms with Crippen LogP contribution in [0.4, 0.5) is 0 Å². The molecule has 448 valence electrons. The van der Waals surface area contributed by atoms with Gasteiger partial charge in [-0.3, -0.25) is 18.6 Å². The molecule has 0 rings (SSSR count). The molecule has 0 aliphatic heterocycles. The Bertz CT molecular complexity index is 1490. The second-order valence-electron chi connectivity index (χ2n) is 21.6. The summed E-state index contributed by atoms with van der Waals surface area (Å²) in [5, 5.41) is 0. The van der Waals surface area contributed by atoms with Crippen molar-refractivity contribution in [1.29, 1.82) is 0 Å². The predicted molar refractivity (Wildman–Crippen MR) is 330 cm³/mol. The third-order valence-electron chi connectivity index (χ3n) is 14.1. The summed E-state index contributed by atoms with van der Waals surface area (Å²) in [6.45, 7) is 3.65. The molecule has 0 spiro atoms. The van der Waals surface area contributed by atoms with Crippen molar-refractivity contribution in [3.8, 4) is 0 Å². The number of nitrogens with two attached hydrogens (primary N) is 1. The van der Waals surface area contributed by atoms with Gasteiger partial charge in [-0.1, -0.05) is 286 Å². The molecular weight excluding hydrogens is 978 g/mol. The lowest BCUT2D eigenvalue weighted by atomic mass is 10.0. The number of phosphoric ester groups is 1. The third kappa shape index (κ3) is 62.5. The van der Waals surface area contributed by atoms with Crippen molar-refractivity contribution in [3.05, 3.63) is 72.9 Å². The van der Waals surface area contributed by atoms with Crippen molar-refractivity contribution in [1.82, 2.24) is 0 Å². The Morgan fingerprint density at radius 3 is 1.06 bits per heavy atom. The molecule has 0 heterocycles. The van der Waals surface area contributed by atoms with Crippen LogP contribution in [0.25, 0.3) is 0 Å². The van der Waals surface area contributed by atoms with E-state index >= 15 is 0 Å². The SMILES string of the molecule is CC/C=C\C/C=C\C/C=C\C/C=C\CCCCCCCCCCCCC(=O)OC(COC(=O)CCCCCCCCCCCCCCCCCCCCCCC/C=C\C/C=C\CCCCCCC)COP(=O)(O)OCCN. The van der Waals surface area contributed by atoms with Crippen molar-refractivity contribution >= 4 is 19.8 Å². The fourth-order valence-corrected chi connectivity index (χ4v) is 10.1. The van der Waals surface area contributed by atoms with Crippen LogP contribution in [0.15, 0.2) is 72.9 Å². The lowest BCUT2D eigenvalue weighted by Gasteiger charge is -2.19. The maximum atomic E-state index is 12.7. The first-order chi connectivity index (χ1) is 37.8. The van der Waals surface area contributed by atoms with E-state index < -0.39 is 26.5 Å². The van der Waals surface area contributed by atoms with E-state index in [1.165, 1.54) is 199 Å². The second-order valence-corrected chi connectivity index (χ2v) is 23.1. The molecule has 2 unspecified atom stereocenters. The molecule has 3 N–H and O–H groups in total. The van der Waals surface area contributed by atoms with E-state index in [0.717, 1.165) is 77.0 Å². The van der Waals surface area contributed by atoms with Gasteiger partial charge in [0.2, 0.25) is 0 Å². The number of carbonyl (C=O) groups excluding carboxylic acids is 2. The molecule has 0 aliphatic carbocycles. The Hall–Kier alpha value is -2.55. The van der Waals surface area contributed by atoms with Crippen molar-refractivity contribution in [2.75, 3.05) is 26.4 Å². The monoisotopic (exact) mass is 1100 g/mol. The summed E-state index contributed by atoms with van der Waals surface area (Å²) in [4.78, 5) is 35.3. The Kier molecular flexibility index (Phi) is 60.6. The van der Waals surface area contributed by atoms with Gasteiger partial charge in [-0.05, 0) is 83.5 Å². The first kappa shape index (κ1) is 74.5. The molecule has 0 aliphatic rings. The molecule has 77 heavy (non-hydrogen) atoms. The van der Waals surface area contributed by atoms with Crippen molar-refractivity contribution in [2.24, 2.45) is 5.73 Å². The lowest BCUT2D eigenvalue weighted by Crippen LogP contribution is -2.29. The van der Waals surface area contributed by atoms with Crippen molar-refractivity contribution in [3.63, 3.8) is 0 Å². The largest absolute Gasteiger partial charge is 0.472 e. The molecule has 0 aromatic heterocycles. The van der Waals surface area contributed by atoms with Crippen molar-refractivity contribution < 1.29 is 37.6 Å². The van der Waals surface area contributed by atoms with Gasteiger partial charge >= 0.3 is 19.8 Å². The Labute approximate surface area is 475 Å². The number of hydrogen-bond acceptors (Lipinski definition) is 8. The van der Waals surface area contributed by atoms with E-state index in [2.05, 4.69) is 86.8 Å². The summed E-state index contributed by atoms with van der Waals surface area (Å²) >= 11 is 0. The van der Waals surface area contributed by atoms with E-state index in [1.807, 2.05) is 0 Å². The normalized spacial score (nSPS) is 13.5. The Balaban J connectivity index is 3.87. The molecule has 0 radical (unpaired) electrons. The van der Waals surface area contributed by atoms with E-state index in [0.29, 0.717) is 6.42 Å². The van der Waals surface area contributed by atoms with Gasteiger partial charge in [0.05, 0.1) is 13.2 Å². The molecule has 0 aromatic carbocycles.